The number of anilines is 1. The molecule has 4 nitrogen and oxygen atoms in total. The Balaban J connectivity index is 2.99. The summed E-state index contributed by atoms with van der Waals surface area (Å²) in [6, 6.07) is 6.74. The first-order chi connectivity index (χ1) is 5.74. The Morgan fingerprint density at radius 2 is 2.17 bits per heavy atom. The molecule has 12 heavy (non-hydrogen) atoms. The molecule has 1 N–H and O–H groups in total. The second-order valence-corrected chi connectivity index (χ2v) is 2.30. The number of diazo groups is 1. The molecule has 4 heteroatoms. The van der Waals surface area contributed by atoms with E-state index in [0.29, 0.717) is 11.4 Å². The lowest BCUT2D eigenvalue weighted by atomic mass is 10.3. The van der Waals surface area contributed by atoms with Gasteiger partial charge in [0.1, 0.15) is 5.69 Å². The zero-order valence-electron chi connectivity index (χ0n) is 6.61. The lowest BCUT2D eigenvalue weighted by Gasteiger charge is -1.95. The normalized spacial score (nSPS) is 8.67. The predicted octanol–water partition coefficient (Wildman–Crippen LogP) is 2.13. The average molecular weight is 162 g/mol. The van der Waals surface area contributed by atoms with Gasteiger partial charge < -0.3 is 5.32 Å². The van der Waals surface area contributed by atoms with Crippen LogP contribution in [0.25, 0.3) is 4.98 Å². The molecule has 0 fully saturated rings. The molecule has 1 amide bonds. The van der Waals surface area contributed by atoms with Gasteiger partial charge in [-0.3, -0.25) is 4.79 Å². The quantitative estimate of drug-likeness (QED) is 0.643. The van der Waals surface area contributed by atoms with E-state index in [9.17, 15) is 4.79 Å². The third-order valence-electron chi connectivity index (χ3n) is 1.32. The first-order valence-electron chi connectivity index (χ1n) is 3.46. The summed E-state index contributed by atoms with van der Waals surface area (Å²) in [6.07, 6.45) is 0. The van der Waals surface area contributed by atoms with E-state index < -0.39 is 0 Å². The number of nitrogens with zero attached hydrogens (tertiary/aromatic N) is 2. The number of hydrogen-bond donors (Lipinski definition) is 1. The molecule has 0 unspecified atom stereocenters. The molecule has 1 rings (SSSR count). The van der Waals surface area contributed by atoms with Crippen molar-refractivity contribution in [1.82, 2.24) is 0 Å². The number of nitrogens with one attached hydrogen (secondary N) is 1. The maximum atomic E-state index is 10.6. The standard InChI is InChI=1S/C8H7N3O/c1-6(12)10-7-4-2-3-5-8(7)11-9/h2-5H,1H3/p+1. The molecule has 0 radical (unpaired) electrons. The van der Waals surface area contributed by atoms with Crippen LogP contribution in [0.1, 0.15) is 6.92 Å². The van der Waals surface area contributed by atoms with Gasteiger partial charge in [0.05, 0.1) is 0 Å². The van der Waals surface area contributed by atoms with Crippen molar-refractivity contribution >= 4 is 17.3 Å². The minimum absolute atomic E-state index is 0.189. The molecular weight excluding hydrogens is 154 g/mol. The number of benzene rings is 1. The summed E-state index contributed by atoms with van der Waals surface area (Å²) in [5, 5.41) is 11.0. The zero-order valence-corrected chi connectivity index (χ0v) is 6.61. The Labute approximate surface area is 69.8 Å². The van der Waals surface area contributed by atoms with Gasteiger partial charge in [0, 0.05) is 13.0 Å². The van der Waals surface area contributed by atoms with E-state index in [4.69, 9.17) is 5.39 Å². The Morgan fingerprint density at radius 3 is 2.75 bits per heavy atom. The zero-order chi connectivity index (χ0) is 8.97. The summed E-state index contributed by atoms with van der Waals surface area (Å²) in [5.41, 5.74) is 0.861. The Morgan fingerprint density at radius 1 is 1.50 bits per heavy atom. The third-order valence-corrected chi connectivity index (χ3v) is 1.32. The van der Waals surface area contributed by atoms with Crippen molar-refractivity contribution in [2.45, 2.75) is 6.92 Å². The van der Waals surface area contributed by atoms with Crippen LogP contribution in [-0.4, -0.2) is 5.91 Å². The predicted molar refractivity (Wildman–Crippen MR) is 45.5 cm³/mol. The Hall–Kier alpha value is -1.89. The van der Waals surface area contributed by atoms with Crippen LogP contribution >= 0.6 is 0 Å². The van der Waals surface area contributed by atoms with Gasteiger partial charge in [-0.15, -0.1) is 0 Å². The molecule has 0 aliphatic rings. The molecule has 60 valence electrons. The number of para-hydroxylation sites is 1. The second kappa shape index (κ2) is 3.49. The SMILES string of the molecule is CC(=O)Nc1ccccc1[N+]#N. The maximum absolute atomic E-state index is 10.6. The van der Waals surface area contributed by atoms with Crippen molar-refractivity contribution in [2.24, 2.45) is 0 Å². The molecule has 0 spiro atoms. The number of hydrogen-bond acceptors (Lipinski definition) is 2. The van der Waals surface area contributed by atoms with E-state index in [1.807, 2.05) is 0 Å². The first kappa shape index (κ1) is 8.21. The van der Waals surface area contributed by atoms with Gasteiger partial charge in [-0.2, -0.15) is 0 Å². The van der Waals surface area contributed by atoms with Crippen LogP contribution in [0.2, 0.25) is 0 Å². The lowest BCUT2D eigenvalue weighted by Crippen LogP contribution is -2.05. The highest BCUT2D eigenvalue weighted by atomic mass is 16.1. The smallest absolute Gasteiger partial charge is 0.320 e. The first-order valence-corrected chi connectivity index (χ1v) is 3.46. The van der Waals surface area contributed by atoms with Crippen LogP contribution in [0.5, 0.6) is 0 Å². The average Bonchev–Trinajstić information content (AvgIpc) is 2.04. The Bertz CT molecular complexity index is 340. The van der Waals surface area contributed by atoms with Crippen LogP contribution in [-0.2, 0) is 4.79 Å². The highest BCUT2D eigenvalue weighted by molar-refractivity contribution is 5.92. The van der Waals surface area contributed by atoms with Gasteiger partial charge in [0.25, 0.3) is 0 Å². The molecule has 0 aliphatic carbocycles. The van der Waals surface area contributed by atoms with Crippen molar-refractivity contribution in [2.75, 3.05) is 5.32 Å². The van der Waals surface area contributed by atoms with Gasteiger partial charge in [-0.1, -0.05) is 12.1 Å². The third kappa shape index (κ3) is 1.80. The highest BCUT2D eigenvalue weighted by Gasteiger charge is 2.11. The lowest BCUT2D eigenvalue weighted by molar-refractivity contribution is -0.114. The summed E-state index contributed by atoms with van der Waals surface area (Å²) in [5.74, 6) is -0.189. The van der Waals surface area contributed by atoms with E-state index in [-0.39, 0.29) is 5.91 Å². The molecule has 0 bridgehead atoms. The number of carbonyl (C=O) groups excluding carboxylic acids is 1. The van der Waals surface area contributed by atoms with Gasteiger partial charge in [0.2, 0.25) is 11.3 Å². The fraction of sp³-hybridized carbons (Fsp3) is 0.125. The van der Waals surface area contributed by atoms with E-state index in [1.165, 1.54) is 6.92 Å². The van der Waals surface area contributed by atoms with Crippen molar-refractivity contribution in [3.05, 3.63) is 29.2 Å². The molecule has 0 aromatic heterocycles. The minimum Gasteiger partial charge on any atom is -0.320 e. The molecule has 1 aromatic carbocycles. The number of rotatable bonds is 1. The van der Waals surface area contributed by atoms with E-state index in [1.54, 1.807) is 24.3 Å². The van der Waals surface area contributed by atoms with Crippen LogP contribution in [0.4, 0.5) is 11.4 Å². The number of carbonyl (C=O) groups is 1. The summed E-state index contributed by atoms with van der Waals surface area (Å²) < 4.78 is 0. The van der Waals surface area contributed by atoms with Crippen LogP contribution in [0.15, 0.2) is 24.3 Å². The maximum Gasteiger partial charge on any atom is 0.408 e. The van der Waals surface area contributed by atoms with Crippen molar-refractivity contribution < 1.29 is 4.79 Å². The van der Waals surface area contributed by atoms with Gasteiger partial charge in [-0.25, -0.2) is 0 Å². The van der Waals surface area contributed by atoms with Crippen LogP contribution in [0, 0.1) is 5.39 Å². The van der Waals surface area contributed by atoms with Gasteiger partial charge in [0.15, 0.2) is 4.98 Å². The fourth-order valence-corrected chi connectivity index (χ4v) is 0.856. The fourth-order valence-electron chi connectivity index (χ4n) is 0.856. The second-order valence-electron chi connectivity index (χ2n) is 2.30. The van der Waals surface area contributed by atoms with Crippen LogP contribution in [0.3, 0.4) is 0 Å². The van der Waals surface area contributed by atoms with Gasteiger partial charge in [-0.05, 0) is 6.07 Å². The molecule has 0 atom stereocenters. The molecule has 0 saturated carbocycles. The summed E-state index contributed by atoms with van der Waals surface area (Å²) in [6.45, 7) is 1.40. The molecule has 0 heterocycles. The monoisotopic (exact) mass is 162 g/mol. The molecule has 1 aromatic rings. The van der Waals surface area contributed by atoms with Crippen molar-refractivity contribution in [3.63, 3.8) is 0 Å². The minimum atomic E-state index is -0.189. The summed E-state index contributed by atoms with van der Waals surface area (Å²) in [7, 11) is 0. The molecule has 0 saturated heterocycles. The summed E-state index contributed by atoms with van der Waals surface area (Å²) in [4.78, 5) is 13.7. The van der Waals surface area contributed by atoms with Crippen molar-refractivity contribution in [1.29, 1.82) is 5.39 Å². The largest absolute Gasteiger partial charge is 0.408 e. The summed E-state index contributed by atoms with van der Waals surface area (Å²) >= 11 is 0. The highest BCUT2D eigenvalue weighted by Crippen LogP contribution is 2.23. The topological polar surface area (TPSA) is 57.2 Å². The van der Waals surface area contributed by atoms with E-state index >= 15 is 0 Å². The number of amides is 1. The van der Waals surface area contributed by atoms with Crippen molar-refractivity contribution in [3.8, 4) is 0 Å². The van der Waals surface area contributed by atoms with Crippen LogP contribution < -0.4 is 5.32 Å². The Kier molecular flexibility index (Phi) is 2.38. The molecular formula is C8H8N3O+. The van der Waals surface area contributed by atoms with E-state index in [2.05, 4.69) is 10.3 Å². The van der Waals surface area contributed by atoms with Gasteiger partial charge >= 0.3 is 5.69 Å². The van der Waals surface area contributed by atoms with E-state index in [0.717, 1.165) is 0 Å². The molecule has 0 aliphatic heterocycles.